The van der Waals surface area contributed by atoms with Crippen LogP contribution < -0.4 is 0 Å². The molecule has 0 aromatic carbocycles. The second-order valence-electron chi connectivity index (χ2n) is 1.51. The molecule has 54 valence electrons. The minimum absolute atomic E-state index is 0.0361. The first-order valence-electron chi connectivity index (χ1n) is 2.50. The molecule has 0 aliphatic rings. The molecule has 0 rings (SSSR count). The van der Waals surface area contributed by atoms with Crippen LogP contribution in [-0.2, 0) is 4.79 Å². The molecule has 0 aliphatic carbocycles. The fourth-order valence-electron chi connectivity index (χ4n) is 0.423. The molecule has 0 heterocycles. The Balaban J connectivity index is 3.54. The van der Waals surface area contributed by atoms with Gasteiger partial charge in [-0.1, -0.05) is 15.9 Å². The van der Waals surface area contributed by atoms with Crippen LogP contribution in [0.2, 0.25) is 0 Å². The van der Waals surface area contributed by atoms with Crippen LogP contribution in [0.1, 0.15) is 6.42 Å². The zero-order valence-corrected chi connectivity index (χ0v) is 8.22. The third-order valence-electron chi connectivity index (χ3n) is 0.909. The molecule has 1 nitrogen and oxygen atoms in total. The highest BCUT2D eigenvalue weighted by atomic mass is 79.9. The van der Waals surface area contributed by atoms with Crippen LogP contribution >= 0.6 is 39.3 Å². The predicted molar refractivity (Wildman–Crippen MR) is 46.6 cm³/mol. The lowest BCUT2D eigenvalue weighted by Crippen LogP contribution is -2.10. The van der Waals surface area contributed by atoms with E-state index in [0.29, 0.717) is 0 Å². The maximum absolute atomic E-state index is 10.5. The van der Waals surface area contributed by atoms with Gasteiger partial charge in [0.1, 0.15) is 0 Å². The molecule has 0 N–H and O–H groups in total. The van der Waals surface area contributed by atoms with Gasteiger partial charge in [0.2, 0.25) is 5.24 Å². The minimum atomic E-state index is -0.248. The summed E-state index contributed by atoms with van der Waals surface area (Å²) >= 11 is 9.97. The first-order valence-corrected chi connectivity index (χ1v) is 5.29. The first-order chi connectivity index (χ1) is 4.22. The number of hydrogen-bond acceptors (Lipinski definition) is 2. The number of hydrogen-bond donors (Lipinski definition) is 0. The number of halogens is 2. The average molecular weight is 232 g/mol. The molecule has 0 saturated carbocycles. The molecule has 0 radical (unpaired) electrons. The fraction of sp³-hybridized carbons (Fsp3) is 0.800. The van der Waals surface area contributed by atoms with Crippen molar-refractivity contribution in [2.45, 2.75) is 11.7 Å². The van der Waals surface area contributed by atoms with Crippen molar-refractivity contribution < 1.29 is 4.79 Å². The Labute approximate surface area is 72.7 Å². The van der Waals surface area contributed by atoms with E-state index in [2.05, 4.69) is 15.9 Å². The van der Waals surface area contributed by atoms with Crippen molar-refractivity contribution in [3.05, 3.63) is 0 Å². The summed E-state index contributed by atoms with van der Waals surface area (Å²) in [4.78, 5) is 10.5. The lowest BCUT2D eigenvalue weighted by atomic mass is 10.4. The van der Waals surface area contributed by atoms with Gasteiger partial charge in [0.25, 0.3) is 0 Å². The van der Waals surface area contributed by atoms with Crippen molar-refractivity contribution >= 4 is 44.5 Å². The van der Waals surface area contributed by atoms with E-state index < -0.39 is 0 Å². The predicted octanol–water partition coefficient (Wildman–Crippen LogP) is 2.27. The summed E-state index contributed by atoms with van der Waals surface area (Å²) in [5, 5.41) is 0.546. The molecule has 0 fully saturated rings. The Kier molecular flexibility index (Phi) is 6.05. The number of carbonyl (C=O) groups excluding carboxylic acids is 1. The summed E-state index contributed by atoms with van der Waals surface area (Å²) in [6.07, 6.45) is 2.69. The Morgan fingerprint density at radius 2 is 2.44 bits per heavy atom. The van der Waals surface area contributed by atoms with Gasteiger partial charge in [0.15, 0.2) is 0 Å². The number of carbonyl (C=O) groups is 1. The zero-order valence-electron chi connectivity index (χ0n) is 5.06. The van der Waals surface area contributed by atoms with Crippen molar-refractivity contribution in [2.24, 2.45) is 0 Å². The van der Waals surface area contributed by atoms with Crippen LogP contribution in [0.4, 0.5) is 0 Å². The number of rotatable bonds is 4. The van der Waals surface area contributed by atoms with Gasteiger partial charge < -0.3 is 0 Å². The van der Waals surface area contributed by atoms with Gasteiger partial charge in [-0.3, -0.25) is 4.79 Å². The Bertz CT molecular complexity index is 99.0. The lowest BCUT2D eigenvalue weighted by Gasteiger charge is -2.04. The summed E-state index contributed by atoms with van der Waals surface area (Å²) in [6.45, 7) is 0. The maximum atomic E-state index is 10.5. The molecule has 4 heteroatoms. The van der Waals surface area contributed by atoms with Crippen LogP contribution in [0.15, 0.2) is 0 Å². The Morgan fingerprint density at radius 3 is 2.56 bits per heavy atom. The molecular weight excluding hydrogens is 223 g/mol. The third-order valence-corrected chi connectivity index (χ3v) is 2.78. The monoisotopic (exact) mass is 230 g/mol. The second kappa shape index (κ2) is 5.57. The summed E-state index contributed by atoms with van der Waals surface area (Å²) in [5.41, 5.74) is 0. The van der Waals surface area contributed by atoms with Crippen LogP contribution in [0, 0.1) is 0 Å². The second-order valence-corrected chi connectivity index (χ2v) is 3.71. The average Bonchev–Trinajstić information content (AvgIpc) is 1.82. The number of thioether (sulfide) groups is 1. The van der Waals surface area contributed by atoms with E-state index in [4.69, 9.17) is 11.6 Å². The van der Waals surface area contributed by atoms with Crippen LogP contribution in [-0.4, -0.2) is 22.1 Å². The molecule has 1 atom stereocenters. The highest BCUT2D eigenvalue weighted by Gasteiger charge is 2.12. The van der Waals surface area contributed by atoms with E-state index in [1.165, 1.54) is 11.8 Å². The van der Waals surface area contributed by atoms with Crippen molar-refractivity contribution in [3.63, 3.8) is 0 Å². The smallest absolute Gasteiger partial charge is 0.234 e. The molecule has 0 saturated heterocycles. The molecular formula is C5H8BrClOS. The molecule has 0 spiro atoms. The largest absolute Gasteiger partial charge is 0.280 e. The standard InChI is InChI=1S/C5H8BrClOS/c1-9-4(2-3-6)5(7)8/h4H,2-3H2,1H3. The van der Waals surface area contributed by atoms with E-state index in [-0.39, 0.29) is 10.5 Å². The van der Waals surface area contributed by atoms with E-state index in [0.717, 1.165) is 11.8 Å². The van der Waals surface area contributed by atoms with Gasteiger partial charge in [0.05, 0.1) is 5.25 Å². The summed E-state index contributed by atoms with van der Waals surface area (Å²) in [6, 6.07) is 0. The van der Waals surface area contributed by atoms with Crippen LogP contribution in [0.5, 0.6) is 0 Å². The molecule has 0 aliphatic heterocycles. The first kappa shape index (κ1) is 9.79. The molecule has 0 amide bonds. The summed E-state index contributed by atoms with van der Waals surface area (Å²) in [5.74, 6) is 0. The molecule has 0 aromatic heterocycles. The van der Waals surface area contributed by atoms with Gasteiger partial charge in [0, 0.05) is 5.33 Å². The van der Waals surface area contributed by atoms with Gasteiger partial charge >= 0.3 is 0 Å². The van der Waals surface area contributed by atoms with E-state index in [1.54, 1.807) is 0 Å². The summed E-state index contributed by atoms with van der Waals surface area (Å²) in [7, 11) is 0. The quantitative estimate of drug-likeness (QED) is 0.545. The van der Waals surface area contributed by atoms with Crippen LogP contribution in [0.25, 0.3) is 0 Å². The van der Waals surface area contributed by atoms with Crippen molar-refractivity contribution in [3.8, 4) is 0 Å². The minimum Gasteiger partial charge on any atom is -0.280 e. The lowest BCUT2D eigenvalue weighted by molar-refractivity contribution is -0.111. The van der Waals surface area contributed by atoms with E-state index in [9.17, 15) is 4.79 Å². The normalized spacial score (nSPS) is 13.2. The summed E-state index contributed by atoms with van der Waals surface area (Å²) < 4.78 is 0. The Morgan fingerprint density at radius 1 is 1.89 bits per heavy atom. The SMILES string of the molecule is CSC(CCBr)C(=O)Cl. The highest BCUT2D eigenvalue weighted by molar-refractivity contribution is 9.09. The van der Waals surface area contributed by atoms with E-state index in [1.807, 2.05) is 6.26 Å². The van der Waals surface area contributed by atoms with Gasteiger partial charge in [-0.05, 0) is 24.3 Å². The zero-order chi connectivity index (χ0) is 7.28. The Hall–Kier alpha value is 0.790. The van der Waals surface area contributed by atoms with Gasteiger partial charge in [-0.25, -0.2) is 0 Å². The fourth-order valence-corrected chi connectivity index (χ4v) is 2.10. The molecule has 0 aromatic rings. The van der Waals surface area contributed by atoms with Crippen molar-refractivity contribution in [1.29, 1.82) is 0 Å². The van der Waals surface area contributed by atoms with E-state index >= 15 is 0 Å². The molecule has 0 bridgehead atoms. The number of alkyl halides is 1. The molecule has 1 unspecified atom stereocenters. The van der Waals surface area contributed by atoms with Crippen molar-refractivity contribution in [1.82, 2.24) is 0 Å². The molecule has 9 heavy (non-hydrogen) atoms. The van der Waals surface area contributed by atoms with Gasteiger partial charge in [-0.15, -0.1) is 0 Å². The van der Waals surface area contributed by atoms with Crippen LogP contribution in [0.3, 0.4) is 0 Å². The topological polar surface area (TPSA) is 17.1 Å². The van der Waals surface area contributed by atoms with Crippen molar-refractivity contribution in [2.75, 3.05) is 11.6 Å². The maximum Gasteiger partial charge on any atom is 0.234 e. The third kappa shape index (κ3) is 4.23. The van der Waals surface area contributed by atoms with Gasteiger partial charge in [-0.2, -0.15) is 11.8 Å². The highest BCUT2D eigenvalue weighted by Crippen LogP contribution is 2.14.